The summed E-state index contributed by atoms with van der Waals surface area (Å²) in [5, 5.41) is 0. The Morgan fingerprint density at radius 1 is 1.16 bits per heavy atom. The van der Waals surface area contributed by atoms with Gasteiger partial charge in [0.1, 0.15) is 5.60 Å². The number of hydrogen-bond acceptors (Lipinski definition) is 6. The summed E-state index contributed by atoms with van der Waals surface area (Å²) in [4.78, 5) is 27.0. The maximum atomic E-state index is 12.9. The van der Waals surface area contributed by atoms with Gasteiger partial charge in [-0.25, -0.2) is 17.9 Å². The number of benzene rings is 1. The van der Waals surface area contributed by atoms with Crippen molar-refractivity contribution in [2.75, 3.05) is 26.0 Å². The van der Waals surface area contributed by atoms with Crippen LogP contribution in [0, 0.1) is 5.41 Å². The number of nitrogens with one attached hydrogen (secondary N) is 1. The van der Waals surface area contributed by atoms with E-state index in [-0.39, 0.29) is 25.2 Å². The lowest BCUT2D eigenvalue weighted by molar-refractivity contribution is -0.158. The molecule has 1 heterocycles. The van der Waals surface area contributed by atoms with Gasteiger partial charge in [-0.2, -0.15) is 0 Å². The fourth-order valence-corrected chi connectivity index (χ4v) is 4.06. The second-order valence-electron chi connectivity index (χ2n) is 9.06. The lowest BCUT2D eigenvalue weighted by atomic mass is 9.73. The van der Waals surface area contributed by atoms with Gasteiger partial charge in [0, 0.05) is 19.6 Å². The van der Waals surface area contributed by atoms with E-state index in [2.05, 4.69) is 4.72 Å². The van der Waals surface area contributed by atoms with Gasteiger partial charge in [0.25, 0.3) is 0 Å². The highest BCUT2D eigenvalue weighted by atomic mass is 32.2. The third kappa shape index (κ3) is 7.81. The molecule has 0 aromatic heterocycles. The largest absolute Gasteiger partial charge is 0.466 e. The van der Waals surface area contributed by atoms with Crippen molar-refractivity contribution >= 4 is 22.1 Å². The van der Waals surface area contributed by atoms with Crippen molar-refractivity contribution in [3.63, 3.8) is 0 Å². The van der Waals surface area contributed by atoms with Crippen molar-refractivity contribution in [3.8, 4) is 0 Å². The van der Waals surface area contributed by atoms with E-state index in [1.54, 1.807) is 11.8 Å². The molecule has 0 radical (unpaired) electrons. The molecule has 2 rings (SSSR count). The third-order valence-corrected chi connectivity index (χ3v) is 5.82. The van der Waals surface area contributed by atoms with Gasteiger partial charge in [-0.1, -0.05) is 24.3 Å². The van der Waals surface area contributed by atoms with Crippen LogP contribution >= 0.6 is 0 Å². The summed E-state index contributed by atoms with van der Waals surface area (Å²) in [6.07, 6.45) is 2.14. The average molecular weight is 455 g/mol. The Hall–Kier alpha value is -2.13. The molecule has 0 unspecified atom stereocenters. The first-order valence-electron chi connectivity index (χ1n) is 10.5. The average Bonchev–Trinajstić information content (AvgIpc) is 2.65. The number of sulfonamides is 1. The topological polar surface area (TPSA) is 102 Å². The van der Waals surface area contributed by atoms with Crippen LogP contribution in [0.15, 0.2) is 24.3 Å². The summed E-state index contributed by atoms with van der Waals surface area (Å²) in [5.41, 5.74) is 0.421. The fraction of sp³-hybridized carbons (Fsp3) is 0.636. The van der Waals surface area contributed by atoms with Gasteiger partial charge in [0.15, 0.2) is 0 Å². The van der Waals surface area contributed by atoms with E-state index in [9.17, 15) is 18.0 Å². The SMILES string of the molecule is CCOC(=O)C1(Cc2cccc(CNS(C)(=O)=O)c2)CCN(C(=O)OC(C)(C)C)CC1. The number of carbonyl (C=O) groups excluding carboxylic acids is 2. The molecule has 1 aromatic carbocycles. The molecule has 8 nitrogen and oxygen atoms in total. The molecule has 1 aromatic rings. The van der Waals surface area contributed by atoms with Crippen LogP contribution in [0.4, 0.5) is 4.79 Å². The van der Waals surface area contributed by atoms with E-state index < -0.39 is 21.0 Å². The van der Waals surface area contributed by atoms with Gasteiger partial charge in [-0.05, 0) is 58.1 Å². The summed E-state index contributed by atoms with van der Waals surface area (Å²) >= 11 is 0. The van der Waals surface area contributed by atoms with E-state index in [4.69, 9.17) is 9.47 Å². The summed E-state index contributed by atoms with van der Waals surface area (Å²) in [5.74, 6) is -0.265. The predicted octanol–water partition coefficient (Wildman–Crippen LogP) is 2.86. The van der Waals surface area contributed by atoms with Crippen LogP contribution in [0.5, 0.6) is 0 Å². The summed E-state index contributed by atoms with van der Waals surface area (Å²) in [6.45, 7) is 8.53. The Morgan fingerprint density at radius 3 is 2.32 bits per heavy atom. The molecule has 1 saturated heterocycles. The highest BCUT2D eigenvalue weighted by Gasteiger charge is 2.44. The van der Waals surface area contributed by atoms with Gasteiger partial charge in [0.05, 0.1) is 18.3 Å². The first-order chi connectivity index (χ1) is 14.3. The number of nitrogens with zero attached hydrogens (tertiary/aromatic N) is 1. The maximum Gasteiger partial charge on any atom is 0.410 e. The smallest absolute Gasteiger partial charge is 0.410 e. The number of likely N-dealkylation sites (tertiary alicyclic amines) is 1. The molecule has 0 aliphatic carbocycles. The number of ether oxygens (including phenoxy) is 2. The summed E-state index contributed by atoms with van der Waals surface area (Å²) in [6, 6.07) is 7.51. The van der Waals surface area contributed by atoms with Gasteiger partial charge in [0.2, 0.25) is 10.0 Å². The van der Waals surface area contributed by atoms with Crippen molar-refractivity contribution in [2.24, 2.45) is 5.41 Å². The standard InChI is InChI=1S/C22H34N2O6S/c1-6-29-19(25)22(10-12-24(13-11-22)20(26)30-21(2,3)4)15-17-8-7-9-18(14-17)16-23-31(5,27)28/h7-9,14,23H,6,10-13,15-16H2,1-5H3. The van der Waals surface area contributed by atoms with E-state index >= 15 is 0 Å². The van der Waals surface area contributed by atoms with Gasteiger partial charge >= 0.3 is 12.1 Å². The normalized spacial score (nSPS) is 16.6. The molecule has 0 bridgehead atoms. The van der Waals surface area contributed by atoms with Crippen LogP contribution in [-0.2, 0) is 37.3 Å². The van der Waals surface area contributed by atoms with E-state index in [0.717, 1.165) is 17.4 Å². The van der Waals surface area contributed by atoms with E-state index in [0.29, 0.717) is 32.4 Å². The van der Waals surface area contributed by atoms with Crippen LogP contribution in [-0.4, -0.2) is 56.9 Å². The zero-order valence-electron chi connectivity index (χ0n) is 19.1. The zero-order valence-corrected chi connectivity index (χ0v) is 19.9. The Labute approximate surface area is 185 Å². The quantitative estimate of drug-likeness (QED) is 0.636. The second-order valence-corrected chi connectivity index (χ2v) is 10.9. The molecule has 1 aliphatic heterocycles. The lowest BCUT2D eigenvalue weighted by Crippen LogP contribution is -2.49. The molecule has 174 valence electrons. The number of amides is 1. The zero-order chi connectivity index (χ0) is 23.3. The molecule has 0 atom stereocenters. The van der Waals surface area contributed by atoms with Crippen LogP contribution < -0.4 is 4.72 Å². The molecule has 31 heavy (non-hydrogen) atoms. The number of piperidine rings is 1. The number of hydrogen-bond donors (Lipinski definition) is 1. The van der Waals surface area contributed by atoms with Gasteiger partial charge in [-0.3, -0.25) is 4.79 Å². The number of esters is 1. The number of carbonyl (C=O) groups is 2. The molecule has 1 amide bonds. The monoisotopic (exact) mass is 454 g/mol. The molecule has 0 saturated carbocycles. The third-order valence-electron chi connectivity index (χ3n) is 5.15. The van der Waals surface area contributed by atoms with Gasteiger partial charge < -0.3 is 14.4 Å². The highest BCUT2D eigenvalue weighted by molar-refractivity contribution is 7.88. The first-order valence-corrected chi connectivity index (χ1v) is 12.4. The van der Waals surface area contributed by atoms with Crippen LogP contribution in [0.1, 0.15) is 51.7 Å². The minimum Gasteiger partial charge on any atom is -0.466 e. The van der Waals surface area contributed by atoms with E-state index in [1.807, 2.05) is 45.0 Å². The molecule has 1 fully saturated rings. The lowest BCUT2D eigenvalue weighted by Gasteiger charge is -2.40. The highest BCUT2D eigenvalue weighted by Crippen LogP contribution is 2.37. The molecular weight excluding hydrogens is 420 g/mol. The molecule has 1 aliphatic rings. The van der Waals surface area contributed by atoms with Crippen molar-refractivity contribution in [1.82, 2.24) is 9.62 Å². The van der Waals surface area contributed by atoms with Crippen molar-refractivity contribution in [3.05, 3.63) is 35.4 Å². The second kappa shape index (κ2) is 9.99. The fourth-order valence-electron chi connectivity index (χ4n) is 3.64. The van der Waals surface area contributed by atoms with Gasteiger partial charge in [-0.15, -0.1) is 0 Å². The Bertz CT molecular complexity index is 884. The summed E-state index contributed by atoms with van der Waals surface area (Å²) in [7, 11) is -3.30. The Morgan fingerprint density at radius 2 is 1.77 bits per heavy atom. The maximum absolute atomic E-state index is 12.9. The molecule has 1 N–H and O–H groups in total. The van der Waals surface area contributed by atoms with Crippen LogP contribution in [0.25, 0.3) is 0 Å². The predicted molar refractivity (Wildman–Crippen MR) is 118 cm³/mol. The van der Waals surface area contributed by atoms with Crippen molar-refractivity contribution < 1.29 is 27.5 Å². The Kier molecular flexibility index (Phi) is 8.10. The minimum absolute atomic E-state index is 0.186. The van der Waals surface area contributed by atoms with Crippen LogP contribution in [0.2, 0.25) is 0 Å². The van der Waals surface area contributed by atoms with Crippen LogP contribution in [0.3, 0.4) is 0 Å². The molecule has 9 heteroatoms. The van der Waals surface area contributed by atoms with E-state index in [1.165, 1.54) is 0 Å². The molecule has 0 spiro atoms. The van der Waals surface area contributed by atoms with Crippen molar-refractivity contribution in [1.29, 1.82) is 0 Å². The first kappa shape index (κ1) is 25.1. The minimum atomic E-state index is -3.30. The summed E-state index contributed by atoms with van der Waals surface area (Å²) < 4.78 is 36.1. The van der Waals surface area contributed by atoms with Crippen molar-refractivity contribution in [2.45, 2.75) is 59.1 Å². The molecular formula is C22H34N2O6S. The Balaban J connectivity index is 2.15. The number of rotatable bonds is 7.